The highest BCUT2D eigenvalue weighted by molar-refractivity contribution is 7.15. The molecule has 1 aliphatic rings. The van der Waals surface area contributed by atoms with Gasteiger partial charge in [-0.3, -0.25) is 4.90 Å². The molecule has 2 heterocycles. The lowest BCUT2D eigenvalue weighted by molar-refractivity contribution is 0.0549. The average Bonchev–Trinajstić information content (AvgIpc) is 2.78. The van der Waals surface area contributed by atoms with Gasteiger partial charge in [-0.1, -0.05) is 11.3 Å². The van der Waals surface area contributed by atoms with Crippen LogP contribution in [0.25, 0.3) is 0 Å². The average molecular weight is 270 g/mol. The number of aromatic nitrogens is 2. The maximum Gasteiger partial charge on any atom is 0.205 e. The SMILES string of the molecule is CCNc1nnc(CN(C)CC2CCOCC2)s1. The minimum Gasteiger partial charge on any atom is -0.381 e. The van der Waals surface area contributed by atoms with Gasteiger partial charge in [-0.2, -0.15) is 0 Å². The zero-order valence-corrected chi connectivity index (χ0v) is 12.0. The van der Waals surface area contributed by atoms with Gasteiger partial charge in [0, 0.05) is 26.3 Å². The quantitative estimate of drug-likeness (QED) is 0.854. The Kier molecular flexibility index (Phi) is 5.34. The molecule has 0 radical (unpaired) electrons. The topological polar surface area (TPSA) is 50.3 Å². The van der Waals surface area contributed by atoms with E-state index in [0.717, 1.165) is 48.9 Å². The highest BCUT2D eigenvalue weighted by Crippen LogP contribution is 2.19. The molecule has 6 heteroatoms. The van der Waals surface area contributed by atoms with E-state index in [4.69, 9.17) is 4.74 Å². The molecule has 1 aliphatic heterocycles. The monoisotopic (exact) mass is 270 g/mol. The van der Waals surface area contributed by atoms with E-state index in [-0.39, 0.29) is 0 Å². The molecule has 1 fully saturated rings. The fourth-order valence-corrected chi connectivity index (χ4v) is 3.09. The predicted molar refractivity (Wildman–Crippen MR) is 73.9 cm³/mol. The fourth-order valence-electron chi connectivity index (χ4n) is 2.21. The van der Waals surface area contributed by atoms with Crippen LogP contribution in [-0.4, -0.2) is 48.4 Å². The van der Waals surface area contributed by atoms with Gasteiger partial charge in [0.15, 0.2) is 0 Å². The van der Waals surface area contributed by atoms with Crippen molar-refractivity contribution in [3.05, 3.63) is 5.01 Å². The van der Waals surface area contributed by atoms with Crippen LogP contribution in [0.3, 0.4) is 0 Å². The molecule has 0 amide bonds. The smallest absolute Gasteiger partial charge is 0.205 e. The van der Waals surface area contributed by atoms with Crippen molar-refractivity contribution in [2.45, 2.75) is 26.3 Å². The molecule has 102 valence electrons. The van der Waals surface area contributed by atoms with Gasteiger partial charge in [-0.25, -0.2) is 0 Å². The largest absolute Gasteiger partial charge is 0.381 e. The number of hydrogen-bond acceptors (Lipinski definition) is 6. The zero-order valence-electron chi connectivity index (χ0n) is 11.2. The summed E-state index contributed by atoms with van der Waals surface area (Å²) in [6.07, 6.45) is 2.37. The normalized spacial score (nSPS) is 17.3. The summed E-state index contributed by atoms with van der Waals surface area (Å²) in [5.41, 5.74) is 0. The number of nitrogens with one attached hydrogen (secondary N) is 1. The van der Waals surface area contributed by atoms with Crippen LogP contribution in [0.15, 0.2) is 0 Å². The molecule has 2 rings (SSSR count). The van der Waals surface area contributed by atoms with Crippen LogP contribution in [0.5, 0.6) is 0 Å². The Morgan fingerprint density at radius 2 is 2.17 bits per heavy atom. The number of anilines is 1. The minimum atomic E-state index is 0.768. The van der Waals surface area contributed by atoms with E-state index in [9.17, 15) is 0 Å². The lowest BCUT2D eigenvalue weighted by Crippen LogP contribution is -2.29. The summed E-state index contributed by atoms with van der Waals surface area (Å²) >= 11 is 1.65. The van der Waals surface area contributed by atoms with E-state index in [1.54, 1.807) is 11.3 Å². The standard InChI is InChI=1S/C12H22N4OS/c1-3-13-12-15-14-11(18-12)9-16(2)8-10-4-6-17-7-5-10/h10H,3-9H2,1-2H3,(H,13,15). The van der Waals surface area contributed by atoms with Crippen molar-refractivity contribution in [1.82, 2.24) is 15.1 Å². The minimum absolute atomic E-state index is 0.768. The number of nitrogens with zero attached hydrogens (tertiary/aromatic N) is 3. The van der Waals surface area contributed by atoms with Crippen LogP contribution in [0, 0.1) is 5.92 Å². The van der Waals surface area contributed by atoms with E-state index in [0.29, 0.717) is 0 Å². The first kappa shape index (κ1) is 13.7. The molecule has 1 aromatic rings. The molecule has 5 nitrogen and oxygen atoms in total. The van der Waals surface area contributed by atoms with Gasteiger partial charge in [-0.15, -0.1) is 10.2 Å². The third-order valence-corrected chi connectivity index (χ3v) is 3.98. The van der Waals surface area contributed by atoms with E-state index < -0.39 is 0 Å². The summed E-state index contributed by atoms with van der Waals surface area (Å²) in [5.74, 6) is 0.768. The maximum atomic E-state index is 5.38. The van der Waals surface area contributed by atoms with Gasteiger partial charge in [0.2, 0.25) is 5.13 Å². The Morgan fingerprint density at radius 3 is 2.89 bits per heavy atom. The van der Waals surface area contributed by atoms with Gasteiger partial charge in [0.25, 0.3) is 0 Å². The summed E-state index contributed by atoms with van der Waals surface area (Å²) in [5, 5.41) is 13.5. The maximum absolute atomic E-state index is 5.38. The number of rotatable bonds is 6. The van der Waals surface area contributed by atoms with Gasteiger partial charge >= 0.3 is 0 Å². The first-order valence-corrected chi connectivity index (χ1v) is 7.42. The van der Waals surface area contributed by atoms with Crippen LogP contribution in [0.4, 0.5) is 5.13 Å². The molecule has 0 unspecified atom stereocenters. The van der Waals surface area contributed by atoms with Crippen molar-refractivity contribution < 1.29 is 4.74 Å². The fraction of sp³-hybridized carbons (Fsp3) is 0.833. The van der Waals surface area contributed by atoms with Crippen LogP contribution < -0.4 is 5.32 Å². The predicted octanol–water partition coefficient (Wildman–Crippen LogP) is 1.83. The molecular weight excluding hydrogens is 248 g/mol. The van der Waals surface area contributed by atoms with Crippen molar-refractivity contribution >= 4 is 16.5 Å². The highest BCUT2D eigenvalue weighted by atomic mass is 32.1. The Bertz CT molecular complexity index is 352. The lowest BCUT2D eigenvalue weighted by Gasteiger charge is -2.26. The summed E-state index contributed by atoms with van der Waals surface area (Å²) in [4.78, 5) is 2.34. The molecule has 1 saturated heterocycles. The molecule has 0 aromatic carbocycles. The summed E-state index contributed by atoms with van der Waals surface area (Å²) in [7, 11) is 2.16. The molecular formula is C12H22N4OS. The molecule has 0 atom stereocenters. The second-order valence-corrected chi connectivity index (χ2v) is 5.85. The van der Waals surface area contributed by atoms with Crippen molar-refractivity contribution in [2.24, 2.45) is 5.92 Å². The van der Waals surface area contributed by atoms with E-state index in [2.05, 4.69) is 34.4 Å². The molecule has 0 saturated carbocycles. The van der Waals surface area contributed by atoms with Gasteiger partial charge < -0.3 is 10.1 Å². The molecule has 0 spiro atoms. The molecule has 1 N–H and O–H groups in total. The van der Waals surface area contributed by atoms with Crippen LogP contribution in [-0.2, 0) is 11.3 Å². The molecule has 0 aliphatic carbocycles. The number of ether oxygens (including phenoxy) is 1. The number of hydrogen-bond donors (Lipinski definition) is 1. The van der Waals surface area contributed by atoms with E-state index in [1.807, 2.05) is 0 Å². The van der Waals surface area contributed by atoms with E-state index >= 15 is 0 Å². The zero-order chi connectivity index (χ0) is 12.8. The molecule has 0 bridgehead atoms. The summed E-state index contributed by atoms with van der Waals surface area (Å²) in [6.45, 7) is 6.81. The third-order valence-electron chi connectivity index (χ3n) is 3.11. The Morgan fingerprint density at radius 1 is 1.39 bits per heavy atom. The second-order valence-electron chi connectivity index (χ2n) is 4.78. The summed E-state index contributed by atoms with van der Waals surface area (Å²) in [6, 6.07) is 0. The Hall–Kier alpha value is -0.720. The summed E-state index contributed by atoms with van der Waals surface area (Å²) < 4.78 is 5.38. The molecule has 18 heavy (non-hydrogen) atoms. The Balaban J connectivity index is 1.76. The van der Waals surface area contributed by atoms with Crippen LogP contribution in [0.1, 0.15) is 24.8 Å². The lowest BCUT2D eigenvalue weighted by atomic mass is 10.00. The van der Waals surface area contributed by atoms with E-state index in [1.165, 1.54) is 12.8 Å². The first-order chi connectivity index (χ1) is 8.78. The van der Waals surface area contributed by atoms with Gasteiger partial charge in [0.1, 0.15) is 5.01 Å². The second kappa shape index (κ2) is 7.01. The van der Waals surface area contributed by atoms with Gasteiger partial charge in [-0.05, 0) is 32.7 Å². The van der Waals surface area contributed by atoms with Crippen molar-refractivity contribution in [2.75, 3.05) is 38.7 Å². The first-order valence-electron chi connectivity index (χ1n) is 6.60. The van der Waals surface area contributed by atoms with Crippen LogP contribution in [0.2, 0.25) is 0 Å². The van der Waals surface area contributed by atoms with Crippen molar-refractivity contribution in [3.8, 4) is 0 Å². The van der Waals surface area contributed by atoms with Gasteiger partial charge in [0.05, 0.1) is 6.54 Å². The van der Waals surface area contributed by atoms with Crippen molar-refractivity contribution in [1.29, 1.82) is 0 Å². The van der Waals surface area contributed by atoms with Crippen molar-refractivity contribution in [3.63, 3.8) is 0 Å². The highest BCUT2D eigenvalue weighted by Gasteiger charge is 2.16. The molecule has 1 aromatic heterocycles. The third kappa shape index (κ3) is 4.19. The Labute approximate surface area is 113 Å². The van der Waals surface area contributed by atoms with Crippen LogP contribution >= 0.6 is 11.3 Å².